The fraction of sp³-hybridized carbons (Fsp3) is 0.421. The number of rotatable bonds is 5. The highest BCUT2D eigenvalue weighted by molar-refractivity contribution is 5.83. The molecule has 2 N–H and O–H groups in total. The molecule has 0 bridgehead atoms. The van der Waals surface area contributed by atoms with Crippen molar-refractivity contribution in [3.05, 3.63) is 47.8 Å². The molecule has 1 aromatic heterocycles. The van der Waals surface area contributed by atoms with Crippen LogP contribution in [0.3, 0.4) is 0 Å². The summed E-state index contributed by atoms with van der Waals surface area (Å²) in [5.74, 6) is 1.75. The summed E-state index contributed by atoms with van der Waals surface area (Å²) in [6.07, 6.45) is 2.20. The lowest BCUT2D eigenvalue weighted by molar-refractivity contribution is -0.123. The number of carbonyl (C=O) groups is 1. The first kappa shape index (κ1) is 16.4. The van der Waals surface area contributed by atoms with Gasteiger partial charge in [-0.15, -0.1) is 0 Å². The van der Waals surface area contributed by atoms with E-state index in [-0.39, 0.29) is 17.2 Å². The van der Waals surface area contributed by atoms with E-state index >= 15 is 0 Å². The summed E-state index contributed by atoms with van der Waals surface area (Å²) < 4.78 is 0. The highest BCUT2D eigenvalue weighted by Gasteiger charge is 2.60. The third kappa shape index (κ3) is 3.25. The van der Waals surface area contributed by atoms with Gasteiger partial charge in [0.1, 0.15) is 5.82 Å². The van der Waals surface area contributed by atoms with Crippen molar-refractivity contribution < 1.29 is 4.79 Å². The molecule has 0 spiro atoms. The van der Waals surface area contributed by atoms with Crippen LogP contribution in [0.15, 0.2) is 42.0 Å². The van der Waals surface area contributed by atoms with E-state index in [1.165, 1.54) is 5.57 Å². The predicted octanol–water partition coefficient (Wildman–Crippen LogP) is 3.33. The Balaban J connectivity index is 1.60. The van der Waals surface area contributed by atoms with Crippen molar-refractivity contribution in [1.29, 1.82) is 0 Å². The standard InChI is InChI=1S/C19H24N4O/c1-12(2)10-14-16(19(14,3)4)18(24)20-11-15-21-17(23-22-15)13-8-6-5-7-9-13/h5-10,14,16H,11H2,1-4H3,(H,20,24)(H,21,22,23). The van der Waals surface area contributed by atoms with Gasteiger partial charge in [0.05, 0.1) is 12.5 Å². The van der Waals surface area contributed by atoms with Gasteiger partial charge in [0.2, 0.25) is 5.91 Å². The Morgan fingerprint density at radius 1 is 1.29 bits per heavy atom. The summed E-state index contributed by atoms with van der Waals surface area (Å²) in [5.41, 5.74) is 2.24. The van der Waals surface area contributed by atoms with Gasteiger partial charge in [0.15, 0.2) is 5.82 Å². The first-order chi connectivity index (χ1) is 11.4. The van der Waals surface area contributed by atoms with Crippen LogP contribution < -0.4 is 5.32 Å². The quantitative estimate of drug-likeness (QED) is 0.829. The number of hydrogen-bond acceptors (Lipinski definition) is 3. The zero-order valence-corrected chi connectivity index (χ0v) is 14.6. The summed E-state index contributed by atoms with van der Waals surface area (Å²) >= 11 is 0. The lowest BCUT2D eigenvalue weighted by atomic mass is 10.1. The van der Waals surface area contributed by atoms with E-state index in [4.69, 9.17) is 0 Å². The molecule has 1 aromatic carbocycles. The number of benzene rings is 1. The average Bonchev–Trinajstić information content (AvgIpc) is 2.90. The van der Waals surface area contributed by atoms with Crippen LogP contribution in [0.5, 0.6) is 0 Å². The van der Waals surface area contributed by atoms with Crippen molar-refractivity contribution in [1.82, 2.24) is 20.5 Å². The van der Waals surface area contributed by atoms with Crippen LogP contribution in [0.4, 0.5) is 0 Å². The number of amides is 1. The average molecular weight is 324 g/mol. The van der Waals surface area contributed by atoms with E-state index < -0.39 is 0 Å². The minimum atomic E-state index is 0.0258. The fourth-order valence-electron chi connectivity index (χ4n) is 3.22. The minimum Gasteiger partial charge on any atom is -0.349 e. The van der Waals surface area contributed by atoms with Crippen LogP contribution >= 0.6 is 0 Å². The summed E-state index contributed by atoms with van der Waals surface area (Å²) in [4.78, 5) is 16.9. The molecule has 2 aromatic rings. The SMILES string of the molecule is CC(C)=CC1C(C(=O)NCc2nc(-c3ccccc3)n[nH]2)C1(C)C. The molecule has 2 unspecified atom stereocenters. The van der Waals surface area contributed by atoms with Crippen molar-refractivity contribution in [2.45, 2.75) is 34.2 Å². The molecule has 1 heterocycles. The van der Waals surface area contributed by atoms with Gasteiger partial charge in [-0.3, -0.25) is 9.89 Å². The van der Waals surface area contributed by atoms with Gasteiger partial charge in [0, 0.05) is 5.56 Å². The summed E-state index contributed by atoms with van der Waals surface area (Å²) in [7, 11) is 0. The van der Waals surface area contributed by atoms with Gasteiger partial charge in [0.25, 0.3) is 0 Å². The molecule has 24 heavy (non-hydrogen) atoms. The van der Waals surface area contributed by atoms with Crippen LogP contribution in [0.2, 0.25) is 0 Å². The second-order valence-corrected chi connectivity index (χ2v) is 7.26. The lowest BCUT2D eigenvalue weighted by Crippen LogP contribution is -2.26. The minimum absolute atomic E-state index is 0.0258. The summed E-state index contributed by atoms with van der Waals surface area (Å²) in [6, 6.07) is 9.78. The molecule has 2 atom stereocenters. The number of allylic oxidation sites excluding steroid dienone is 2. The van der Waals surface area contributed by atoms with Crippen LogP contribution in [0.25, 0.3) is 11.4 Å². The van der Waals surface area contributed by atoms with Crippen LogP contribution in [0.1, 0.15) is 33.5 Å². The van der Waals surface area contributed by atoms with Crippen molar-refractivity contribution in [2.24, 2.45) is 17.3 Å². The zero-order chi connectivity index (χ0) is 17.3. The van der Waals surface area contributed by atoms with E-state index in [0.29, 0.717) is 24.1 Å². The molecule has 5 heteroatoms. The first-order valence-corrected chi connectivity index (χ1v) is 8.29. The number of carbonyl (C=O) groups excluding carboxylic acids is 1. The van der Waals surface area contributed by atoms with Gasteiger partial charge in [-0.25, -0.2) is 4.98 Å². The maximum Gasteiger partial charge on any atom is 0.224 e. The van der Waals surface area contributed by atoms with Crippen LogP contribution in [-0.2, 0) is 11.3 Å². The fourth-order valence-corrected chi connectivity index (χ4v) is 3.22. The van der Waals surface area contributed by atoms with Crippen molar-refractivity contribution >= 4 is 5.91 Å². The number of aromatic nitrogens is 3. The topological polar surface area (TPSA) is 70.7 Å². The second-order valence-electron chi connectivity index (χ2n) is 7.26. The van der Waals surface area contributed by atoms with E-state index in [9.17, 15) is 4.79 Å². The second kappa shape index (κ2) is 6.23. The van der Waals surface area contributed by atoms with E-state index in [1.54, 1.807) is 0 Å². The summed E-state index contributed by atoms with van der Waals surface area (Å²) in [5, 5.41) is 10.1. The first-order valence-electron chi connectivity index (χ1n) is 8.29. The highest BCUT2D eigenvalue weighted by Crippen LogP contribution is 2.59. The lowest BCUT2D eigenvalue weighted by Gasteiger charge is -2.03. The normalized spacial score (nSPS) is 21.2. The van der Waals surface area contributed by atoms with Gasteiger partial charge in [-0.05, 0) is 25.2 Å². The van der Waals surface area contributed by atoms with Crippen molar-refractivity contribution in [2.75, 3.05) is 0 Å². The van der Waals surface area contributed by atoms with Crippen molar-refractivity contribution in [3.8, 4) is 11.4 Å². The number of H-pyrrole nitrogens is 1. The Hall–Kier alpha value is -2.43. The smallest absolute Gasteiger partial charge is 0.224 e. The number of nitrogens with zero attached hydrogens (tertiary/aromatic N) is 2. The molecule has 1 saturated carbocycles. The number of hydrogen-bond donors (Lipinski definition) is 2. The predicted molar refractivity (Wildman–Crippen MR) is 93.9 cm³/mol. The number of nitrogens with one attached hydrogen (secondary N) is 2. The monoisotopic (exact) mass is 324 g/mol. The molecule has 1 aliphatic carbocycles. The van der Waals surface area contributed by atoms with E-state index in [1.807, 2.05) is 30.3 Å². The Morgan fingerprint density at radius 2 is 2.00 bits per heavy atom. The van der Waals surface area contributed by atoms with Gasteiger partial charge < -0.3 is 5.32 Å². The van der Waals surface area contributed by atoms with Crippen LogP contribution in [-0.4, -0.2) is 21.1 Å². The highest BCUT2D eigenvalue weighted by atomic mass is 16.2. The molecule has 5 nitrogen and oxygen atoms in total. The molecular weight excluding hydrogens is 300 g/mol. The Bertz CT molecular complexity index is 757. The zero-order valence-electron chi connectivity index (χ0n) is 14.6. The Morgan fingerprint density at radius 3 is 2.67 bits per heavy atom. The van der Waals surface area contributed by atoms with Crippen LogP contribution in [0, 0.1) is 17.3 Å². The maximum atomic E-state index is 12.5. The van der Waals surface area contributed by atoms with Gasteiger partial charge >= 0.3 is 0 Å². The van der Waals surface area contributed by atoms with Gasteiger partial charge in [-0.2, -0.15) is 5.10 Å². The third-order valence-corrected chi connectivity index (χ3v) is 4.70. The Kier molecular flexibility index (Phi) is 4.26. The molecule has 1 amide bonds. The Labute approximate surface area is 142 Å². The largest absolute Gasteiger partial charge is 0.349 e. The summed E-state index contributed by atoms with van der Waals surface area (Å²) in [6.45, 7) is 8.80. The molecule has 0 aliphatic heterocycles. The van der Waals surface area contributed by atoms with E-state index in [2.05, 4.69) is 54.3 Å². The molecule has 126 valence electrons. The van der Waals surface area contributed by atoms with Gasteiger partial charge in [-0.1, -0.05) is 55.8 Å². The molecule has 0 saturated heterocycles. The van der Waals surface area contributed by atoms with E-state index in [0.717, 1.165) is 5.56 Å². The maximum absolute atomic E-state index is 12.5. The van der Waals surface area contributed by atoms with Crippen molar-refractivity contribution in [3.63, 3.8) is 0 Å². The molecule has 0 radical (unpaired) electrons. The molecule has 1 aliphatic rings. The number of aromatic amines is 1. The molecule has 3 rings (SSSR count). The third-order valence-electron chi connectivity index (χ3n) is 4.70. The molecule has 1 fully saturated rings. The molecular formula is C19H24N4O.